The predicted octanol–water partition coefficient (Wildman–Crippen LogP) is 3.44. The van der Waals surface area contributed by atoms with Crippen molar-refractivity contribution in [3.05, 3.63) is 42.5 Å². The number of nitrogens with zero attached hydrogens (tertiary/aromatic N) is 1. The van der Waals surface area contributed by atoms with E-state index < -0.39 is 11.7 Å². The highest BCUT2D eigenvalue weighted by Gasteiger charge is 2.29. The Hall–Kier alpha value is -1.45. The molecule has 0 amide bonds. The summed E-state index contributed by atoms with van der Waals surface area (Å²) in [5.41, 5.74) is -0.694. The van der Waals surface area contributed by atoms with Crippen LogP contribution in [0.2, 0.25) is 0 Å². The highest BCUT2D eigenvalue weighted by molar-refractivity contribution is 14.0. The average Bonchev–Trinajstić information content (AvgIpc) is 2.48. The van der Waals surface area contributed by atoms with Gasteiger partial charge in [-0.25, -0.2) is 4.99 Å². The third-order valence-corrected chi connectivity index (χ3v) is 2.57. The van der Waals surface area contributed by atoms with Gasteiger partial charge in [0.1, 0.15) is 12.4 Å². The third kappa shape index (κ3) is 8.68. The van der Waals surface area contributed by atoms with Gasteiger partial charge >= 0.3 is 6.18 Å². The van der Waals surface area contributed by atoms with Crippen LogP contribution < -0.4 is 15.4 Å². The molecule has 4 nitrogen and oxygen atoms in total. The molecule has 0 aromatic heterocycles. The van der Waals surface area contributed by atoms with Gasteiger partial charge in [0.2, 0.25) is 0 Å². The van der Waals surface area contributed by atoms with Crippen LogP contribution in [0.25, 0.3) is 0 Å². The Morgan fingerprint density at radius 3 is 2.43 bits per heavy atom. The Morgan fingerprint density at radius 2 is 1.91 bits per heavy atom. The molecule has 0 atom stereocenters. The Bertz CT molecular complexity index is 490. The zero-order valence-electron chi connectivity index (χ0n) is 12.8. The van der Waals surface area contributed by atoms with Crippen molar-refractivity contribution in [2.75, 3.05) is 26.2 Å². The van der Waals surface area contributed by atoms with Gasteiger partial charge in [0.25, 0.3) is 0 Å². The number of guanidine groups is 1. The molecule has 0 spiro atoms. The van der Waals surface area contributed by atoms with Gasteiger partial charge in [0.15, 0.2) is 5.96 Å². The van der Waals surface area contributed by atoms with Gasteiger partial charge in [-0.15, -0.1) is 30.6 Å². The highest BCUT2D eigenvalue weighted by Crippen LogP contribution is 2.30. The minimum atomic E-state index is -4.33. The molecule has 1 rings (SSSR count). The molecule has 1 aromatic carbocycles. The molecule has 130 valence electrons. The lowest BCUT2D eigenvalue weighted by Crippen LogP contribution is -2.37. The number of rotatable bonds is 7. The first-order valence-electron chi connectivity index (χ1n) is 6.90. The van der Waals surface area contributed by atoms with Crippen LogP contribution >= 0.6 is 24.0 Å². The Morgan fingerprint density at radius 1 is 1.26 bits per heavy atom. The van der Waals surface area contributed by atoms with Crippen molar-refractivity contribution in [2.24, 2.45) is 4.99 Å². The molecule has 0 radical (unpaired) electrons. The molecule has 1 aromatic rings. The zero-order valence-corrected chi connectivity index (χ0v) is 15.2. The summed E-state index contributed by atoms with van der Waals surface area (Å²) in [6.45, 7) is 7.52. The number of benzene rings is 1. The largest absolute Gasteiger partial charge is 0.492 e. The normalized spacial score (nSPS) is 11.4. The van der Waals surface area contributed by atoms with Crippen LogP contribution in [0.3, 0.4) is 0 Å². The minimum absolute atomic E-state index is 0. The van der Waals surface area contributed by atoms with Crippen molar-refractivity contribution in [1.29, 1.82) is 0 Å². The minimum Gasteiger partial charge on any atom is -0.492 e. The van der Waals surface area contributed by atoms with E-state index in [9.17, 15) is 13.2 Å². The molecule has 23 heavy (non-hydrogen) atoms. The van der Waals surface area contributed by atoms with Gasteiger partial charge in [-0.1, -0.05) is 6.08 Å². The summed E-state index contributed by atoms with van der Waals surface area (Å²) < 4.78 is 42.6. The summed E-state index contributed by atoms with van der Waals surface area (Å²) >= 11 is 0. The lowest BCUT2D eigenvalue weighted by Gasteiger charge is -2.10. The molecule has 0 aliphatic carbocycles. The van der Waals surface area contributed by atoms with Crippen LogP contribution in [0, 0.1) is 0 Å². The van der Waals surface area contributed by atoms with Gasteiger partial charge in [-0.2, -0.15) is 13.2 Å². The lowest BCUT2D eigenvalue weighted by atomic mass is 10.2. The number of hydrogen-bond donors (Lipinski definition) is 2. The molecule has 0 aliphatic rings. The van der Waals surface area contributed by atoms with E-state index in [0.717, 1.165) is 18.7 Å². The molecule has 0 bridgehead atoms. The Kier molecular flexibility index (Phi) is 10.4. The summed E-state index contributed by atoms with van der Waals surface area (Å²) in [6.07, 6.45) is -2.62. The fraction of sp³-hybridized carbons (Fsp3) is 0.400. The van der Waals surface area contributed by atoms with Crippen molar-refractivity contribution in [3.8, 4) is 5.75 Å². The van der Waals surface area contributed by atoms with Crippen molar-refractivity contribution in [3.63, 3.8) is 0 Å². The first-order chi connectivity index (χ1) is 10.5. The van der Waals surface area contributed by atoms with Gasteiger partial charge in [-0.3, -0.25) is 0 Å². The highest BCUT2D eigenvalue weighted by atomic mass is 127. The molecular weight excluding hydrogens is 422 g/mol. The standard InChI is InChI=1S/C15H20F3N3O.HI/c1-3-9-20-14(19-4-2)21-10-11-22-13-7-5-12(6-8-13)15(16,17)18;/h3,5-8H,1,4,9-11H2,2H3,(H2,19,20,21);1H. The summed E-state index contributed by atoms with van der Waals surface area (Å²) in [7, 11) is 0. The van der Waals surface area contributed by atoms with Crippen molar-refractivity contribution in [2.45, 2.75) is 13.1 Å². The monoisotopic (exact) mass is 443 g/mol. The van der Waals surface area contributed by atoms with Gasteiger partial charge in [-0.05, 0) is 31.2 Å². The Labute approximate surface area is 151 Å². The average molecular weight is 443 g/mol. The second-order valence-electron chi connectivity index (χ2n) is 4.30. The van der Waals surface area contributed by atoms with E-state index in [2.05, 4.69) is 22.2 Å². The molecule has 0 saturated carbocycles. The van der Waals surface area contributed by atoms with Crippen LogP contribution in [-0.4, -0.2) is 32.2 Å². The summed E-state index contributed by atoms with van der Waals surface area (Å²) in [5.74, 6) is 1.02. The van der Waals surface area contributed by atoms with Gasteiger partial charge in [0.05, 0.1) is 12.1 Å². The SMILES string of the molecule is C=CCNC(=NCCOc1ccc(C(F)(F)F)cc1)NCC.I. The summed E-state index contributed by atoms with van der Waals surface area (Å²) in [4.78, 5) is 4.26. The molecule has 8 heteroatoms. The van der Waals surface area contributed by atoms with Crippen molar-refractivity contribution >= 4 is 29.9 Å². The van der Waals surface area contributed by atoms with Crippen LogP contribution in [0.4, 0.5) is 13.2 Å². The number of nitrogens with one attached hydrogen (secondary N) is 2. The van der Waals surface area contributed by atoms with Gasteiger partial charge in [0, 0.05) is 13.1 Å². The van der Waals surface area contributed by atoms with E-state index in [1.54, 1.807) is 6.08 Å². The smallest absolute Gasteiger partial charge is 0.416 e. The zero-order chi connectivity index (χ0) is 16.4. The van der Waals surface area contributed by atoms with Crippen molar-refractivity contribution < 1.29 is 17.9 Å². The molecule has 0 aliphatic heterocycles. The molecule has 0 unspecified atom stereocenters. The molecule has 0 saturated heterocycles. The maximum atomic E-state index is 12.4. The molecular formula is C15H21F3IN3O. The predicted molar refractivity (Wildman–Crippen MR) is 96.5 cm³/mol. The first-order valence-corrected chi connectivity index (χ1v) is 6.90. The fourth-order valence-electron chi connectivity index (χ4n) is 1.57. The topological polar surface area (TPSA) is 45.7 Å². The Balaban J connectivity index is 0.00000484. The van der Waals surface area contributed by atoms with Gasteiger partial charge < -0.3 is 15.4 Å². The fourth-order valence-corrected chi connectivity index (χ4v) is 1.57. The van der Waals surface area contributed by atoms with Crippen molar-refractivity contribution in [1.82, 2.24) is 10.6 Å². The second-order valence-corrected chi connectivity index (χ2v) is 4.30. The van der Waals surface area contributed by atoms with E-state index in [1.165, 1.54) is 12.1 Å². The maximum absolute atomic E-state index is 12.4. The first kappa shape index (κ1) is 21.6. The number of aliphatic imine (C=N–C) groups is 1. The molecule has 2 N–H and O–H groups in total. The van der Waals surface area contributed by atoms with Crippen LogP contribution in [0.1, 0.15) is 12.5 Å². The number of halogens is 4. The molecule has 0 heterocycles. The molecule has 0 fully saturated rings. The van der Waals surface area contributed by atoms with Crippen LogP contribution in [0.5, 0.6) is 5.75 Å². The summed E-state index contributed by atoms with van der Waals surface area (Å²) in [6, 6.07) is 4.59. The second kappa shape index (κ2) is 11.1. The van der Waals surface area contributed by atoms with E-state index in [-0.39, 0.29) is 30.6 Å². The lowest BCUT2D eigenvalue weighted by molar-refractivity contribution is -0.137. The van der Waals surface area contributed by atoms with Crippen LogP contribution in [0.15, 0.2) is 41.9 Å². The van der Waals surface area contributed by atoms with E-state index in [1.807, 2.05) is 6.92 Å². The van der Waals surface area contributed by atoms with Crippen LogP contribution in [-0.2, 0) is 6.18 Å². The van der Waals surface area contributed by atoms with E-state index >= 15 is 0 Å². The number of hydrogen-bond acceptors (Lipinski definition) is 2. The van der Waals surface area contributed by atoms with E-state index in [0.29, 0.717) is 24.8 Å². The number of ether oxygens (including phenoxy) is 1. The van der Waals surface area contributed by atoms with E-state index in [4.69, 9.17) is 4.74 Å². The quantitative estimate of drug-likeness (QED) is 0.223. The third-order valence-electron chi connectivity index (χ3n) is 2.57. The maximum Gasteiger partial charge on any atom is 0.416 e. The summed E-state index contributed by atoms with van der Waals surface area (Å²) in [5, 5.41) is 6.08. The number of alkyl halides is 3.